The summed E-state index contributed by atoms with van der Waals surface area (Å²) in [6, 6.07) is 13.6. The Labute approximate surface area is 176 Å². The van der Waals surface area contributed by atoms with Crippen molar-refractivity contribution in [2.75, 3.05) is 16.8 Å². The maximum atomic E-state index is 12.5. The first-order valence-corrected chi connectivity index (χ1v) is 9.64. The van der Waals surface area contributed by atoms with Crippen molar-refractivity contribution < 1.29 is 17.9 Å². The fraction of sp³-hybridized carbons (Fsp3) is 0.238. The molecule has 9 heteroatoms. The number of halogens is 4. The van der Waals surface area contributed by atoms with Crippen LogP contribution in [0, 0.1) is 6.92 Å². The average molecular weight is 435 g/mol. The molecule has 4 rings (SSSR count). The lowest BCUT2D eigenvalue weighted by Gasteiger charge is -2.30. The topological polar surface area (TPSA) is 50.3 Å². The quantitative estimate of drug-likeness (QED) is 0.575. The van der Waals surface area contributed by atoms with E-state index in [0.29, 0.717) is 30.5 Å². The number of alkyl halides is 3. The summed E-state index contributed by atoms with van der Waals surface area (Å²) in [4.78, 5) is 11.1. The fourth-order valence-corrected chi connectivity index (χ4v) is 3.58. The van der Waals surface area contributed by atoms with Gasteiger partial charge in [0.2, 0.25) is 5.95 Å². The Hall–Kier alpha value is -3.00. The number of benzene rings is 2. The zero-order chi connectivity index (χ0) is 21.3. The molecule has 0 unspecified atom stereocenters. The number of rotatable bonds is 4. The first kappa shape index (κ1) is 20.3. The second-order valence-electron chi connectivity index (χ2n) is 6.98. The molecule has 0 aliphatic carbocycles. The van der Waals surface area contributed by atoms with E-state index in [4.69, 9.17) is 11.6 Å². The largest absolute Gasteiger partial charge is 0.573 e. The van der Waals surface area contributed by atoms with Crippen LogP contribution in [0.1, 0.15) is 16.8 Å². The van der Waals surface area contributed by atoms with Gasteiger partial charge in [-0.2, -0.15) is 4.98 Å². The SMILES string of the molecule is Cc1cc(N2CCc3cc(OC(F)(F)F)ccc3C2)nc(Nc2cccc(Cl)c2)n1. The second kappa shape index (κ2) is 8.02. The van der Waals surface area contributed by atoms with Crippen LogP contribution in [0.4, 0.5) is 30.6 Å². The molecule has 0 bridgehead atoms. The number of hydrogen-bond donors (Lipinski definition) is 1. The van der Waals surface area contributed by atoms with Gasteiger partial charge in [-0.15, -0.1) is 13.2 Å². The molecule has 156 valence electrons. The van der Waals surface area contributed by atoms with Crippen molar-refractivity contribution in [2.45, 2.75) is 26.3 Å². The van der Waals surface area contributed by atoms with E-state index in [1.54, 1.807) is 18.2 Å². The highest BCUT2D eigenvalue weighted by atomic mass is 35.5. The van der Waals surface area contributed by atoms with Crippen molar-refractivity contribution in [3.05, 3.63) is 70.4 Å². The van der Waals surface area contributed by atoms with E-state index in [2.05, 4.69) is 24.9 Å². The molecular formula is C21H18ClF3N4O. The summed E-state index contributed by atoms with van der Waals surface area (Å²) in [6.07, 6.45) is -4.11. The predicted octanol–water partition coefficient (Wildman–Crippen LogP) is 5.64. The van der Waals surface area contributed by atoms with Gasteiger partial charge in [-0.05, 0) is 54.8 Å². The third-order valence-electron chi connectivity index (χ3n) is 4.67. The molecule has 0 fully saturated rings. The number of hydrogen-bond acceptors (Lipinski definition) is 5. The van der Waals surface area contributed by atoms with Gasteiger partial charge >= 0.3 is 6.36 Å². The number of ether oxygens (including phenoxy) is 1. The van der Waals surface area contributed by atoms with Crippen molar-refractivity contribution >= 4 is 29.1 Å². The van der Waals surface area contributed by atoms with Crippen LogP contribution in [0.25, 0.3) is 0 Å². The van der Waals surface area contributed by atoms with Gasteiger partial charge in [0.1, 0.15) is 11.6 Å². The van der Waals surface area contributed by atoms with Crippen LogP contribution in [-0.2, 0) is 13.0 Å². The van der Waals surface area contributed by atoms with Crippen molar-refractivity contribution in [2.24, 2.45) is 0 Å². The summed E-state index contributed by atoms with van der Waals surface area (Å²) < 4.78 is 41.4. The Balaban J connectivity index is 1.53. The zero-order valence-electron chi connectivity index (χ0n) is 16.0. The predicted molar refractivity (Wildman–Crippen MR) is 109 cm³/mol. The van der Waals surface area contributed by atoms with E-state index in [-0.39, 0.29) is 5.75 Å². The third-order valence-corrected chi connectivity index (χ3v) is 4.90. The van der Waals surface area contributed by atoms with E-state index >= 15 is 0 Å². The Morgan fingerprint density at radius 2 is 1.90 bits per heavy atom. The summed E-state index contributed by atoms with van der Waals surface area (Å²) in [6.45, 7) is 3.04. The number of anilines is 3. The number of aryl methyl sites for hydroxylation is 1. The van der Waals surface area contributed by atoms with Crippen LogP contribution >= 0.6 is 11.6 Å². The maximum Gasteiger partial charge on any atom is 0.573 e. The lowest BCUT2D eigenvalue weighted by Crippen LogP contribution is -2.31. The zero-order valence-corrected chi connectivity index (χ0v) is 16.8. The molecular weight excluding hydrogens is 417 g/mol. The Bertz CT molecular complexity index is 1070. The standard InChI is InChI=1S/C21H18ClF3N4O/c1-13-9-19(28-20(26-13)27-17-4-2-3-16(22)11-17)29-8-7-14-10-18(30-21(23,24)25)6-5-15(14)12-29/h2-6,9-11H,7-8,12H2,1H3,(H,26,27,28). The van der Waals surface area contributed by atoms with Crippen molar-refractivity contribution in [1.29, 1.82) is 0 Å². The molecule has 0 saturated carbocycles. The molecule has 2 heterocycles. The van der Waals surface area contributed by atoms with Crippen LogP contribution in [0.5, 0.6) is 5.75 Å². The van der Waals surface area contributed by atoms with E-state index < -0.39 is 6.36 Å². The second-order valence-corrected chi connectivity index (χ2v) is 7.41. The Morgan fingerprint density at radius 3 is 2.67 bits per heavy atom. The van der Waals surface area contributed by atoms with E-state index in [9.17, 15) is 13.2 Å². The minimum absolute atomic E-state index is 0.194. The first-order chi connectivity index (χ1) is 14.2. The normalized spacial score (nSPS) is 13.7. The number of nitrogens with one attached hydrogen (secondary N) is 1. The van der Waals surface area contributed by atoms with Gasteiger partial charge in [0.15, 0.2) is 0 Å². The molecule has 3 aromatic rings. The third kappa shape index (κ3) is 4.94. The van der Waals surface area contributed by atoms with E-state index in [1.165, 1.54) is 12.1 Å². The van der Waals surface area contributed by atoms with Gasteiger partial charge in [0.25, 0.3) is 0 Å². The molecule has 1 N–H and O–H groups in total. The van der Waals surface area contributed by atoms with Crippen LogP contribution in [-0.4, -0.2) is 22.9 Å². The van der Waals surface area contributed by atoms with Crippen molar-refractivity contribution in [1.82, 2.24) is 9.97 Å². The molecule has 1 aromatic heterocycles. The highest BCUT2D eigenvalue weighted by Gasteiger charge is 2.31. The molecule has 0 amide bonds. The first-order valence-electron chi connectivity index (χ1n) is 9.26. The lowest BCUT2D eigenvalue weighted by molar-refractivity contribution is -0.274. The highest BCUT2D eigenvalue weighted by molar-refractivity contribution is 6.30. The van der Waals surface area contributed by atoms with Gasteiger partial charge in [0.05, 0.1) is 0 Å². The highest BCUT2D eigenvalue weighted by Crippen LogP contribution is 2.30. The van der Waals surface area contributed by atoms with E-state index in [0.717, 1.165) is 28.3 Å². The molecule has 5 nitrogen and oxygen atoms in total. The molecule has 0 atom stereocenters. The molecule has 1 aliphatic rings. The van der Waals surface area contributed by atoms with E-state index in [1.807, 2.05) is 25.1 Å². The molecule has 1 aliphatic heterocycles. The Kier molecular flexibility index (Phi) is 5.42. The van der Waals surface area contributed by atoms with Crippen molar-refractivity contribution in [3.8, 4) is 5.75 Å². The van der Waals surface area contributed by atoms with Gasteiger partial charge in [-0.25, -0.2) is 4.98 Å². The molecule has 0 radical (unpaired) electrons. The number of nitrogens with zero attached hydrogens (tertiary/aromatic N) is 3. The monoisotopic (exact) mass is 434 g/mol. The van der Waals surface area contributed by atoms with Crippen LogP contribution in [0.15, 0.2) is 48.5 Å². The Morgan fingerprint density at radius 1 is 1.07 bits per heavy atom. The summed E-state index contributed by atoms with van der Waals surface area (Å²) in [7, 11) is 0. The maximum absolute atomic E-state index is 12.5. The summed E-state index contributed by atoms with van der Waals surface area (Å²) in [5.74, 6) is 1.00. The van der Waals surface area contributed by atoms with Gasteiger partial charge in [-0.1, -0.05) is 23.7 Å². The fourth-order valence-electron chi connectivity index (χ4n) is 3.39. The smallest absolute Gasteiger partial charge is 0.406 e. The average Bonchev–Trinajstić information content (AvgIpc) is 2.66. The molecule has 0 spiro atoms. The summed E-state index contributed by atoms with van der Waals surface area (Å²) in [5.41, 5.74) is 3.36. The van der Waals surface area contributed by atoms with Gasteiger partial charge in [-0.3, -0.25) is 0 Å². The summed E-state index contributed by atoms with van der Waals surface area (Å²) in [5, 5.41) is 3.76. The molecule has 0 saturated heterocycles. The minimum atomic E-state index is -4.69. The minimum Gasteiger partial charge on any atom is -0.406 e. The van der Waals surface area contributed by atoms with Crippen LogP contribution in [0.2, 0.25) is 5.02 Å². The van der Waals surface area contributed by atoms with Crippen LogP contribution < -0.4 is 15.0 Å². The number of fused-ring (bicyclic) bond motifs is 1. The summed E-state index contributed by atoms with van der Waals surface area (Å²) >= 11 is 6.03. The molecule has 30 heavy (non-hydrogen) atoms. The molecule has 2 aromatic carbocycles. The van der Waals surface area contributed by atoms with Crippen LogP contribution in [0.3, 0.4) is 0 Å². The van der Waals surface area contributed by atoms with Gasteiger partial charge < -0.3 is 15.0 Å². The van der Waals surface area contributed by atoms with Gasteiger partial charge in [0, 0.05) is 35.6 Å². The van der Waals surface area contributed by atoms with Crippen molar-refractivity contribution in [3.63, 3.8) is 0 Å². The lowest BCUT2D eigenvalue weighted by atomic mass is 9.99. The number of aromatic nitrogens is 2.